The van der Waals surface area contributed by atoms with E-state index in [2.05, 4.69) is 38.2 Å². The van der Waals surface area contributed by atoms with Crippen LogP contribution in [-0.4, -0.2) is 74.9 Å². The Bertz CT molecular complexity index is 1280. The van der Waals surface area contributed by atoms with Gasteiger partial charge in [0.15, 0.2) is 6.10 Å². The van der Waals surface area contributed by atoms with Gasteiger partial charge in [0.05, 0.1) is 27.7 Å². The molecular formula is C63H123NO8P+. The van der Waals surface area contributed by atoms with Crippen molar-refractivity contribution in [3.05, 3.63) is 24.3 Å². The molecule has 0 radical (unpaired) electrons. The van der Waals surface area contributed by atoms with Gasteiger partial charge in [-0.2, -0.15) is 0 Å². The maximum atomic E-state index is 12.8. The van der Waals surface area contributed by atoms with E-state index < -0.39 is 26.5 Å². The number of hydrogen-bond acceptors (Lipinski definition) is 7. The first kappa shape index (κ1) is 71.5. The molecule has 10 heteroatoms. The predicted octanol–water partition coefficient (Wildman–Crippen LogP) is 19.8. The largest absolute Gasteiger partial charge is 0.472 e. The van der Waals surface area contributed by atoms with Crippen LogP contribution in [0.3, 0.4) is 0 Å². The molecule has 1 N–H and O–H groups in total. The van der Waals surface area contributed by atoms with Crippen molar-refractivity contribution >= 4 is 19.8 Å². The number of unbranched alkanes of at least 4 members (excludes halogenated alkanes) is 41. The number of phosphoric acid groups is 1. The van der Waals surface area contributed by atoms with Gasteiger partial charge < -0.3 is 18.9 Å². The summed E-state index contributed by atoms with van der Waals surface area (Å²) in [5.74, 6) is -0.790. The first-order valence-electron chi connectivity index (χ1n) is 31.6. The average molecular weight is 1050 g/mol. The molecular weight excluding hydrogens is 930 g/mol. The molecule has 0 saturated carbocycles. The highest BCUT2D eigenvalue weighted by Gasteiger charge is 2.27. The van der Waals surface area contributed by atoms with Crippen LogP contribution in [0.15, 0.2) is 24.3 Å². The van der Waals surface area contributed by atoms with E-state index in [4.69, 9.17) is 18.5 Å². The molecule has 2 unspecified atom stereocenters. The second-order valence-corrected chi connectivity index (χ2v) is 24.3. The lowest BCUT2D eigenvalue weighted by molar-refractivity contribution is -0.870. The third kappa shape index (κ3) is 59.6. The van der Waals surface area contributed by atoms with Crippen LogP contribution in [0, 0.1) is 0 Å². The lowest BCUT2D eigenvalue weighted by atomic mass is 10.0. The van der Waals surface area contributed by atoms with E-state index in [1.165, 1.54) is 231 Å². The van der Waals surface area contributed by atoms with Crippen LogP contribution in [-0.2, 0) is 32.7 Å². The Morgan fingerprint density at radius 1 is 0.425 bits per heavy atom. The van der Waals surface area contributed by atoms with Crippen LogP contribution in [0.2, 0.25) is 0 Å². The van der Waals surface area contributed by atoms with Crippen molar-refractivity contribution in [3.63, 3.8) is 0 Å². The van der Waals surface area contributed by atoms with E-state index in [0.29, 0.717) is 23.9 Å². The van der Waals surface area contributed by atoms with Crippen molar-refractivity contribution in [3.8, 4) is 0 Å². The Labute approximate surface area is 453 Å². The van der Waals surface area contributed by atoms with Crippen LogP contribution in [0.4, 0.5) is 0 Å². The minimum atomic E-state index is -4.39. The van der Waals surface area contributed by atoms with Crippen LogP contribution < -0.4 is 0 Å². The van der Waals surface area contributed by atoms with E-state index in [1.54, 1.807) is 0 Å². The number of phosphoric ester groups is 1. The first-order valence-corrected chi connectivity index (χ1v) is 33.1. The van der Waals surface area contributed by atoms with Crippen LogP contribution >= 0.6 is 7.82 Å². The molecule has 0 saturated heterocycles. The van der Waals surface area contributed by atoms with Gasteiger partial charge in [-0.05, 0) is 44.9 Å². The standard InChI is InChI=1S/C63H122NO8P/c1-6-8-10-12-14-16-18-20-22-24-26-27-28-29-30-31-32-33-34-35-36-37-38-40-41-43-45-47-49-51-53-55-62(65)69-59-61(60-71-73(67,68)70-58-57-64(3,4)5)72-63(66)56-54-52-50-48-46-44-42-39-25-23-21-19-17-15-13-11-9-7-2/h17,19,23,25,61H,6-16,18,20-22,24,26-60H2,1-5H3/p+1/b19-17-,25-23-. The maximum absolute atomic E-state index is 12.8. The van der Waals surface area contributed by atoms with E-state index in [0.717, 1.165) is 51.4 Å². The number of ether oxygens (including phenoxy) is 2. The van der Waals surface area contributed by atoms with Crippen molar-refractivity contribution in [1.82, 2.24) is 0 Å². The molecule has 0 spiro atoms. The fourth-order valence-electron chi connectivity index (χ4n) is 9.34. The van der Waals surface area contributed by atoms with Crippen molar-refractivity contribution < 1.29 is 42.1 Å². The Kier molecular flexibility index (Phi) is 54.1. The van der Waals surface area contributed by atoms with E-state index in [9.17, 15) is 19.0 Å². The fraction of sp³-hybridized carbons (Fsp3) is 0.905. The second kappa shape index (κ2) is 55.3. The third-order valence-corrected chi connectivity index (χ3v) is 15.2. The Morgan fingerprint density at radius 3 is 1.10 bits per heavy atom. The van der Waals surface area contributed by atoms with E-state index in [-0.39, 0.29) is 25.6 Å². The number of carbonyl (C=O) groups excluding carboxylic acids is 2. The molecule has 9 nitrogen and oxygen atoms in total. The smallest absolute Gasteiger partial charge is 0.462 e. The summed E-state index contributed by atoms with van der Waals surface area (Å²) in [7, 11) is 1.49. The number of allylic oxidation sites excluding steroid dienone is 4. The Morgan fingerprint density at radius 2 is 0.740 bits per heavy atom. The van der Waals surface area contributed by atoms with Gasteiger partial charge in [0, 0.05) is 12.8 Å². The minimum absolute atomic E-state index is 0.0324. The lowest BCUT2D eigenvalue weighted by Crippen LogP contribution is -2.37. The molecule has 0 aliphatic carbocycles. The van der Waals surface area contributed by atoms with Gasteiger partial charge in [-0.3, -0.25) is 18.6 Å². The van der Waals surface area contributed by atoms with Gasteiger partial charge in [0.1, 0.15) is 19.8 Å². The molecule has 0 aliphatic rings. The van der Waals surface area contributed by atoms with Crippen molar-refractivity contribution in [2.45, 2.75) is 322 Å². The van der Waals surface area contributed by atoms with Crippen LogP contribution in [0.25, 0.3) is 0 Å². The highest BCUT2D eigenvalue weighted by molar-refractivity contribution is 7.47. The lowest BCUT2D eigenvalue weighted by Gasteiger charge is -2.24. The fourth-order valence-corrected chi connectivity index (χ4v) is 10.1. The topological polar surface area (TPSA) is 108 Å². The first-order chi connectivity index (χ1) is 35.5. The number of esters is 2. The second-order valence-electron chi connectivity index (χ2n) is 22.8. The molecule has 0 aliphatic heterocycles. The number of nitrogens with zero attached hydrogens (tertiary/aromatic N) is 1. The van der Waals surface area contributed by atoms with E-state index in [1.807, 2.05) is 21.1 Å². The normalized spacial score (nSPS) is 13.3. The SMILES string of the molecule is CCCCCC/C=C\C/C=C\CCCCCCCCCC(=O)OC(COC(=O)CCCCCCCCCCCCCCCCCCCCCCCCCCCCCCCCC)COP(=O)(O)OCC[N+](C)(C)C. The van der Waals surface area contributed by atoms with Crippen molar-refractivity contribution in [1.29, 1.82) is 0 Å². The highest BCUT2D eigenvalue weighted by Crippen LogP contribution is 2.43. The van der Waals surface area contributed by atoms with Gasteiger partial charge >= 0.3 is 19.8 Å². The average Bonchev–Trinajstić information content (AvgIpc) is 3.35. The number of quaternary nitrogens is 1. The zero-order valence-electron chi connectivity index (χ0n) is 49.1. The van der Waals surface area contributed by atoms with Gasteiger partial charge in [-0.15, -0.1) is 0 Å². The molecule has 73 heavy (non-hydrogen) atoms. The number of hydrogen-bond donors (Lipinski definition) is 1. The van der Waals surface area contributed by atoms with Gasteiger partial charge in [0.2, 0.25) is 0 Å². The minimum Gasteiger partial charge on any atom is -0.462 e. The number of rotatable bonds is 59. The van der Waals surface area contributed by atoms with Crippen LogP contribution in [0.1, 0.15) is 316 Å². The molecule has 0 aromatic heterocycles. The molecule has 0 bridgehead atoms. The molecule has 0 amide bonds. The number of likely N-dealkylation sites (N-methyl/N-ethyl adjacent to an activating group) is 1. The summed E-state index contributed by atoms with van der Waals surface area (Å²) in [5.41, 5.74) is 0. The van der Waals surface area contributed by atoms with Gasteiger partial charge in [-0.1, -0.05) is 282 Å². The van der Waals surface area contributed by atoms with Gasteiger partial charge in [-0.25, -0.2) is 4.57 Å². The molecule has 0 aromatic carbocycles. The van der Waals surface area contributed by atoms with E-state index >= 15 is 0 Å². The van der Waals surface area contributed by atoms with Crippen molar-refractivity contribution in [2.24, 2.45) is 0 Å². The molecule has 0 rings (SSSR count). The molecule has 2 atom stereocenters. The molecule has 0 heterocycles. The predicted molar refractivity (Wildman–Crippen MR) is 312 cm³/mol. The zero-order chi connectivity index (χ0) is 53.5. The van der Waals surface area contributed by atoms with Gasteiger partial charge in [0.25, 0.3) is 0 Å². The highest BCUT2D eigenvalue weighted by atomic mass is 31.2. The quantitative estimate of drug-likeness (QED) is 0.0211. The summed E-state index contributed by atoms with van der Waals surface area (Å²) < 4.78 is 34.6. The summed E-state index contributed by atoms with van der Waals surface area (Å²) >= 11 is 0. The summed E-state index contributed by atoms with van der Waals surface area (Å²) in [5, 5.41) is 0. The maximum Gasteiger partial charge on any atom is 0.472 e. The number of carbonyl (C=O) groups is 2. The summed E-state index contributed by atoms with van der Waals surface area (Å²) in [6.07, 6.45) is 67.0. The third-order valence-electron chi connectivity index (χ3n) is 14.2. The molecule has 432 valence electrons. The summed E-state index contributed by atoms with van der Waals surface area (Å²) in [4.78, 5) is 35.7. The molecule has 0 aromatic rings. The monoisotopic (exact) mass is 1050 g/mol. The Hall–Kier alpha value is -1.51. The Balaban J connectivity index is 4.00. The summed E-state index contributed by atoms with van der Waals surface area (Å²) in [6.45, 7) is 4.46. The molecule has 0 fully saturated rings. The van der Waals surface area contributed by atoms with Crippen molar-refractivity contribution in [2.75, 3.05) is 47.5 Å². The summed E-state index contributed by atoms with van der Waals surface area (Å²) in [6, 6.07) is 0. The van der Waals surface area contributed by atoms with Crippen LogP contribution in [0.5, 0.6) is 0 Å². The zero-order valence-corrected chi connectivity index (χ0v) is 50.0.